The maximum atomic E-state index is 6.24. The number of amidine groups is 1. The van der Waals surface area contributed by atoms with Gasteiger partial charge in [-0.25, -0.2) is 4.98 Å². The van der Waals surface area contributed by atoms with Crippen molar-refractivity contribution in [2.45, 2.75) is 25.8 Å². The van der Waals surface area contributed by atoms with Crippen LogP contribution in [0, 0.1) is 5.41 Å². The Morgan fingerprint density at radius 2 is 2.04 bits per heavy atom. The summed E-state index contributed by atoms with van der Waals surface area (Å²) >= 11 is 12.4. The standard InChI is InChI=1S/C18H20Cl2N4O/c1-24-5-2-18(3-6-24)10-12-8-13(19)14(20)9-15(12)23-17(18)22-11-16-21-4-7-25-16/h4,7-9H,2-3,5-6,10-11H2,1H3,(H,22,23). The molecule has 1 spiro atoms. The number of aliphatic imine (C=N–C) groups is 1. The third-order valence-corrected chi connectivity index (χ3v) is 5.95. The number of hydrogen-bond acceptors (Lipinski definition) is 4. The van der Waals surface area contributed by atoms with Gasteiger partial charge in [-0.15, -0.1) is 0 Å². The van der Waals surface area contributed by atoms with Gasteiger partial charge in [0.05, 0.1) is 16.2 Å². The minimum absolute atomic E-state index is 0.00324. The summed E-state index contributed by atoms with van der Waals surface area (Å²) in [6.07, 6.45) is 6.25. The molecule has 0 bridgehead atoms. The number of likely N-dealkylation sites (tertiary alicyclic amines) is 1. The van der Waals surface area contributed by atoms with Crippen LogP contribution in [0.2, 0.25) is 10.0 Å². The average molecular weight is 379 g/mol. The van der Waals surface area contributed by atoms with Gasteiger partial charge < -0.3 is 14.6 Å². The van der Waals surface area contributed by atoms with Gasteiger partial charge in [0.2, 0.25) is 5.89 Å². The minimum Gasteiger partial charge on any atom is -0.447 e. The molecule has 1 fully saturated rings. The Balaban J connectivity index is 1.70. The number of nitrogens with one attached hydrogen (secondary N) is 1. The highest BCUT2D eigenvalue weighted by Gasteiger charge is 2.42. The minimum atomic E-state index is 0.00324. The van der Waals surface area contributed by atoms with Crippen LogP contribution in [0.1, 0.15) is 24.3 Å². The molecule has 0 unspecified atom stereocenters. The second-order valence-corrected chi connectivity index (χ2v) is 7.71. The SMILES string of the molecule is CN1CCC2(CC1)Cc1cc(Cl)c(Cl)cc1NC2=NCc1ncco1. The zero-order valence-corrected chi connectivity index (χ0v) is 15.6. The number of aromatic nitrogens is 1. The van der Waals surface area contributed by atoms with E-state index < -0.39 is 0 Å². The maximum absolute atomic E-state index is 6.24. The Morgan fingerprint density at radius 3 is 2.76 bits per heavy atom. The van der Waals surface area contributed by atoms with Crippen LogP contribution in [-0.4, -0.2) is 35.9 Å². The zero-order valence-electron chi connectivity index (χ0n) is 14.1. The number of fused-ring (bicyclic) bond motifs is 1. The first kappa shape index (κ1) is 16.9. The van der Waals surface area contributed by atoms with Crippen molar-refractivity contribution in [3.05, 3.63) is 46.1 Å². The lowest BCUT2D eigenvalue weighted by Crippen LogP contribution is -2.49. The number of piperidine rings is 1. The number of anilines is 1. The first-order chi connectivity index (χ1) is 12.1. The smallest absolute Gasteiger partial charge is 0.215 e. The highest BCUT2D eigenvalue weighted by molar-refractivity contribution is 6.42. The van der Waals surface area contributed by atoms with Crippen LogP contribution < -0.4 is 5.32 Å². The summed E-state index contributed by atoms with van der Waals surface area (Å²) in [5.74, 6) is 1.63. The molecule has 5 nitrogen and oxygen atoms in total. The molecular formula is C18H20Cl2N4O. The Hall–Kier alpha value is -1.56. The molecule has 2 aliphatic heterocycles. The van der Waals surface area contributed by atoms with Crippen molar-refractivity contribution in [2.24, 2.45) is 10.4 Å². The molecule has 2 aliphatic rings. The number of halogens is 2. The first-order valence-corrected chi connectivity index (χ1v) is 9.18. The van der Waals surface area contributed by atoms with Gasteiger partial charge >= 0.3 is 0 Å². The van der Waals surface area contributed by atoms with Crippen molar-refractivity contribution in [3.8, 4) is 0 Å². The Morgan fingerprint density at radius 1 is 1.28 bits per heavy atom. The van der Waals surface area contributed by atoms with Gasteiger partial charge in [0.1, 0.15) is 18.6 Å². The van der Waals surface area contributed by atoms with E-state index >= 15 is 0 Å². The van der Waals surface area contributed by atoms with Gasteiger partial charge in [0, 0.05) is 11.1 Å². The predicted octanol–water partition coefficient (Wildman–Crippen LogP) is 4.26. The Bertz CT molecular complexity index is 796. The molecule has 0 atom stereocenters. The molecule has 25 heavy (non-hydrogen) atoms. The van der Waals surface area contributed by atoms with Crippen LogP contribution >= 0.6 is 23.2 Å². The fourth-order valence-electron chi connectivity index (χ4n) is 3.70. The summed E-state index contributed by atoms with van der Waals surface area (Å²) < 4.78 is 5.33. The molecule has 0 radical (unpaired) electrons. The topological polar surface area (TPSA) is 53.7 Å². The molecule has 132 valence electrons. The van der Waals surface area contributed by atoms with Crippen LogP contribution in [0.3, 0.4) is 0 Å². The maximum Gasteiger partial charge on any atom is 0.215 e. The highest BCUT2D eigenvalue weighted by Crippen LogP contribution is 2.44. The molecular weight excluding hydrogens is 359 g/mol. The number of hydrogen-bond donors (Lipinski definition) is 1. The summed E-state index contributed by atoms with van der Waals surface area (Å²) in [6.45, 7) is 2.54. The lowest BCUT2D eigenvalue weighted by molar-refractivity contribution is 0.178. The van der Waals surface area contributed by atoms with Gasteiger partial charge in [0.15, 0.2) is 0 Å². The molecule has 1 saturated heterocycles. The van der Waals surface area contributed by atoms with Gasteiger partial charge in [-0.05, 0) is 57.1 Å². The van der Waals surface area contributed by atoms with Crippen molar-refractivity contribution < 1.29 is 4.42 Å². The molecule has 1 aromatic carbocycles. The molecule has 0 aliphatic carbocycles. The van der Waals surface area contributed by atoms with E-state index in [1.54, 1.807) is 12.5 Å². The van der Waals surface area contributed by atoms with E-state index in [1.165, 1.54) is 5.56 Å². The zero-order chi connectivity index (χ0) is 17.4. The monoisotopic (exact) mass is 378 g/mol. The van der Waals surface area contributed by atoms with Crippen LogP contribution in [0.5, 0.6) is 0 Å². The van der Waals surface area contributed by atoms with E-state index in [9.17, 15) is 0 Å². The molecule has 0 saturated carbocycles. The van der Waals surface area contributed by atoms with E-state index in [-0.39, 0.29) is 5.41 Å². The van der Waals surface area contributed by atoms with Crippen molar-refractivity contribution >= 4 is 34.7 Å². The van der Waals surface area contributed by atoms with E-state index in [4.69, 9.17) is 32.6 Å². The number of benzene rings is 1. The molecule has 3 heterocycles. The second kappa shape index (κ2) is 6.63. The first-order valence-electron chi connectivity index (χ1n) is 8.42. The highest BCUT2D eigenvalue weighted by atomic mass is 35.5. The van der Waals surface area contributed by atoms with Crippen molar-refractivity contribution in [1.82, 2.24) is 9.88 Å². The number of rotatable bonds is 2. The van der Waals surface area contributed by atoms with E-state index in [1.807, 2.05) is 12.1 Å². The van der Waals surface area contributed by atoms with Crippen LogP contribution in [0.15, 0.2) is 34.0 Å². The van der Waals surface area contributed by atoms with Gasteiger partial charge in [-0.3, -0.25) is 4.99 Å². The molecule has 1 N–H and O–H groups in total. The van der Waals surface area contributed by atoms with Crippen molar-refractivity contribution in [3.63, 3.8) is 0 Å². The van der Waals surface area contributed by atoms with E-state index in [0.29, 0.717) is 22.5 Å². The fraction of sp³-hybridized carbons (Fsp3) is 0.444. The van der Waals surface area contributed by atoms with Gasteiger partial charge in [-0.2, -0.15) is 0 Å². The Kier molecular flexibility index (Phi) is 4.48. The number of nitrogens with zero attached hydrogens (tertiary/aromatic N) is 3. The van der Waals surface area contributed by atoms with Crippen LogP contribution in [0.25, 0.3) is 0 Å². The van der Waals surface area contributed by atoms with Crippen molar-refractivity contribution in [2.75, 3.05) is 25.5 Å². The molecule has 7 heteroatoms. The molecule has 0 amide bonds. The van der Waals surface area contributed by atoms with Gasteiger partial charge in [0.25, 0.3) is 0 Å². The quantitative estimate of drug-likeness (QED) is 0.847. The van der Waals surface area contributed by atoms with Gasteiger partial charge in [-0.1, -0.05) is 23.2 Å². The number of oxazole rings is 1. The third-order valence-electron chi connectivity index (χ3n) is 5.23. The molecule has 1 aromatic heterocycles. The third kappa shape index (κ3) is 3.28. The van der Waals surface area contributed by atoms with Crippen LogP contribution in [-0.2, 0) is 13.0 Å². The van der Waals surface area contributed by atoms with E-state index in [0.717, 1.165) is 43.9 Å². The second-order valence-electron chi connectivity index (χ2n) is 6.90. The van der Waals surface area contributed by atoms with Crippen LogP contribution in [0.4, 0.5) is 5.69 Å². The lowest BCUT2D eigenvalue weighted by atomic mass is 9.70. The Labute approximate surface area is 157 Å². The summed E-state index contributed by atoms with van der Waals surface area (Å²) in [6, 6.07) is 3.87. The van der Waals surface area contributed by atoms with E-state index in [2.05, 4.69) is 22.2 Å². The normalized spacial score (nSPS) is 21.3. The summed E-state index contributed by atoms with van der Waals surface area (Å²) in [4.78, 5) is 11.4. The summed E-state index contributed by atoms with van der Waals surface area (Å²) in [7, 11) is 2.16. The summed E-state index contributed by atoms with van der Waals surface area (Å²) in [5, 5.41) is 4.68. The largest absolute Gasteiger partial charge is 0.447 e. The van der Waals surface area contributed by atoms with Crippen molar-refractivity contribution in [1.29, 1.82) is 0 Å². The average Bonchev–Trinajstić information content (AvgIpc) is 3.11. The summed E-state index contributed by atoms with van der Waals surface area (Å²) in [5.41, 5.74) is 2.20. The predicted molar refractivity (Wildman–Crippen MR) is 101 cm³/mol. The molecule has 2 aromatic rings. The molecule has 4 rings (SSSR count). The fourth-order valence-corrected chi connectivity index (χ4v) is 4.05. The lowest BCUT2D eigenvalue weighted by Gasteiger charge is -2.45.